The molecule has 0 saturated carbocycles. The maximum absolute atomic E-state index is 3.64. The highest BCUT2D eigenvalue weighted by Crippen LogP contribution is 2.39. The van der Waals surface area contributed by atoms with Crippen molar-refractivity contribution < 1.29 is 0 Å². The van der Waals surface area contributed by atoms with E-state index < -0.39 is 0 Å². The number of nitrogens with one attached hydrogen (secondary N) is 1. The molecule has 1 aliphatic carbocycles. The van der Waals surface area contributed by atoms with E-state index in [0.717, 1.165) is 6.54 Å². The fourth-order valence-electron chi connectivity index (χ4n) is 2.77. The van der Waals surface area contributed by atoms with Crippen LogP contribution in [0.25, 0.3) is 0 Å². The van der Waals surface area contributed by atoms with Gasteiger partial charge in [-0.2, -0.15) is 0 Å². The largest absolute Gasteiger partial charge is 0.310 e. The van der Waals surface area contributed by atoms with Gasteiger partial charge < -0.3 is 5.32 Å². The van der Waals surface area contributed by atoms with Crippen molar-refractivity contribution in [2.24, 2.45) is 5.41 Å². The molecule has 1 aromatic carbocycles. The first kappa shape index (κ1) is 11.7. The number of aryl methyl sites for hydroxylation is 1. The third-order valence-electron chi connectivity index (χ3n) is 3.71. The van der Waals surface area contributed by atoms with Gasteiger partial charge in [0.2, 0.25) is 0 Å². The molecule has 1 aliphatic rings. The van der Waals surface area contributed by atoms with Crippen LogP contribution in [0.3, 0.4) is 0 Å². The van der Waals surface area contributed by atoms with E-state index in [9.17, 15) is 0 Å². The quantitative estimate of drug-likeness (QED) is 0.745. The zero-order valence-electron chi connectivity index (χ0n) is 10.7. The van der Waals surface area contributed by atoms with Crippen LogP contribution in [0.15, 0.2) is 24.3 Å². The van der Waals surface area contributed by atoms with Gasteiger partial charge >= 0.3 is 0 Å². The van der Waals surface area contributed by atoms with Gasteiger partial charge in [0.15, 0.2) is 0 Å². The highest BCUT2D eigenvalue weighted by atomic mass is 14.9. The van der Waals surface area contributed by atoms with Crippen LogP contribution in [-0.2, 0) is 6.42 Å². The van der Waals surface area contributed by atoms with Gasteiger partial charge in [-0.3, -0.25) is 0 Å². The number of rotatable bonds is 2. The first-order valence-corrected chi connectivity index (χ1v) is 6.43. The molecule has 0 fully saturated rings. The van der Waals surface area contributed by atoms with Gasteiger partial charge in [0.1, 0.15) is 0 Å². The molecular formula is C15H23N. The van der Waals surface area contributed by atoms with Crippen LogP contribution in [0.2, 0.25) is 0 Å². The SMILES string of the molecule is CCNC1CC(C)(C)CCc2ccccc21. The number of hydrogen-bond acceptors (Lipinski definition) is 1. The molecule has 16 heavy (non-hydrogen) atoms. The van der Waals surface area contributed by atoms with Crippen molar-refractivity contribution in [3.05, 3.63) is 35.4 Å². The van der Waals surface area contributed by atoms with Crippen LogP contribution >= 0.6 is 0 Å². The Bertz CT molecular complexity index is 354. The van der Waals surface area contributed by atoms with Crippen molar-refractivity contribution in [3.8, 4) is 0 Å². The van der Waals surface area contributed by atoms with E-state index in [1.54, 1.807) is 5.56 Å². The van der Waals surface area contributed by atoms with Crippen LogP contribution in [0.4, 0.5) is 0 Å². The Morgan fingerprint density at radius 2 is 2.06 bits per heavy atom. The highest BCUT2D eigenvalue weighted by molar-refractivity contribution is 5.31. The first-order chi connectivity index (χ1) is 7.62. The van der Waals surface area contributed by atoms with E-state index in [1.807, 2.05) is 0 Å². The van der Waals surface area contributed by atoms with Crippen molar-refractivity contribution in [1.82, 2.24) is 5.32 Å². The maximum Gasteiger partial charge on any atom is 0.0327 e. The van der Waals surface area contributed by atoms with Crippen LogP contribution in [0.5, 0.6) is 0 Å². The summed E-state index contributed by atoms with van der Waals surface area (Å²) >= 11 is 0. The molecule has 0 radical (unpaired) electrons. The van der Waals surface area contributed by atoms with Gasteiger partial charge in [-0.05, 0) is 42.3 Å². The lowest BCUT2D eigenvalue weighted by atomic mass is 9.83. The summed E-state index contributed by atoms with van der Waals surface area (Å²) in [7, 11) is 0. The minimum absolute atomic E-state index is 0.450. The zero-order chi connectivity index (χ0) is 11.6. The zero-order valence-corrected chi connectivity index (χ0v) is 10.7. The van der Waals surface area contributed by atoms with Crippen LogP contribution in [-0.4, -0.2) is 6.54 Å². The monoisotopic (exact) mass is 217 g/mol. The van der Waals surface area contributed by atoms with E-state index in [4.69, 9.17) is 0 Å². The number of benzene rings is 1. The van der Waals surface area contributed by atoms with Gasteiger partial charge in [0, 0.05) is 6.04 Å². The molecule has 88 valence electrons. The Kier molecular flexibility index (Phi) is 3.34. The Morgan fingerprint density at radius 1 is 1.31 bits per heavy atom. The summed E-state index contributed by atoms with van der Waals surface area (Å²) in [6.07, 6.45) is 3.77. The predicted molar refractivity (Wildman–Crippen MR) is 69.6 cm³/mol. The van der Waals surface area contributed by atoms with E-state index >= 15 is 0 Å². The summed E-state index contributed by atoms with van der Waals surface area (Å²) in [5, 5.41) is 3.64. The second-order valence-electron chi connectivity index (χ2n) is 5.68. The molecular weight excluding hydrogens is 194 g/mol. The molecule has 1 nitrogen and oxygen atoms in total. The third kappa shape index (κ3) is 2.46. The minimum atomic E-state index is 0.450. The molecule has 1 N–H and O–H groups in total. The van der Waals surface area contributed by atoms with Gasteiger partial charge in [0.05, 0.1) is 0 Å². The average molecular weight is 217 g/mol. The molecule has 0 amide bonds. The highest BCUT2D eigenvalue weighted by Gasteiger charge is 2.28. The summed E-state index contributed by atoms with van der Waals surface area (Å²) < 4.78 is 0. The van der Waals surface area contributed by atoms with Gasteiger partial charge in [-0.25, -0.2) is 0 Å². The standard InChI is InChI=1S/C15H23N/c1-4-16-14-11-15(2,3)10-9-12-7-5-6-8-13(12)14/h5-8,14,16H,4,9-11H2,1-3H3. The molecule has 0 aliphatic heterocycles. The van der Waals surface area contributed by atoms with Crippen molar-refractivity contribution in [3.63, 3.8) is 0 Å². The fourth-order valence-corrected chi connectivity index (χ4v) is 2.77. The lowest BCUT2D eigenvalue weighted by molar-refractivity contribution is 0.275. The molecule has 0 saturated heterocycles. The van der Waals surface area contributed by atoms with E-state index in [1.165, 1.54) is 24.8 Å². The number of hydrogen-bond donors (Lipinski definition) is 1. The van der Waals surface area contributed by atoms with Crippen LogP contribution in [0, 0.1) is 5.41 Å². The molecule has 1 aromatic rings. The maximum atomic E-state index is 3.64. The Balaban J connectivity index is 2.33. The second-order valence-corrected chi connectivity index (χ2v) is 5.68. The average Bonchev–Trinajstić information content (AvgIpc) is 2.38. The summed E-state index contributed by atoms with van der Waals surface area (Å²) in [5.74, 6) is 0. The molecule has 1 unspecified atom stereocenters. The van der Waals surface area contributed by atoms with Crippen molar-refractivity contribution >= 4 is 0 Å². The molecule has 0 spiro atoms. The normalized spacial score (nSPS) is 23.6. The van der Waals surface area contributed by atoms with Gasteiger partial charge in [-0.15, -0.1) is 0 Å². The van der Waals surface area contributed by atoms with Crippen molar-refractivity contribution in [2.75, 3.05) is 6.54 Å². The lowest BCUT2D eigenvalue weighted by Gasteiger charge is -2.27. The first-order valence-electron chi connectivity index (χ1n) is 6.43. The smallest absolute Gasteiger partial charge is 0.0327 e. The Labute approximate surface area is 99.3 Å². The fraction of sp³-hybridized carbons (Fsp3) is 0.600. The lowest BCUT2D eigenvalue weighted by Crippen LogP contribution is -2.25. The topological polar surface area (TPSA) is 12.0 Å². The second kappa shape index (κ2) is 4.58. The summed E-state index contributed by atoms with van der Waals surface area (Å²) in [4.78, 5) is 0. The van der Waals surface area contributed by atoms with E-state index in [-0.39, 0.29) is 0 Å². The molecule has 2 rings (SSSR count). The van der Waals surface area contributed by atoms with Crippen LogP contribution < -0.4 is 5.32 Å². The Hall–Kier alpha value is -0.820. The van der Waals surface area contributed by atoms with Crippen LogP contribution in [0.1, 0.15) is 50.8 Å². The summed E-state index contributed by atoms with van der Waals surface area (Å²) in [6.45, 7) is 8.03. The Morgan fingerprint density at radius 3 is 2.81 bits per heavy atom. The summed E-state index contributed by atoms with van der Waals surface area (Å²) in [5.41, 5.74) is 3.51. The molecule has 1 heteroatoms. The van der Waals surface area contributed by atoms with E-state index in [0.29, 0.717) is 11.5 Å². The van der Waals surface area contributed by atoms with Gasteiger partial charge in [0.25, 0.3) is 0 Å². The molecule has 0 bridgehead atoms. The molecule has 1 atom stereocenters. The number of fused-ring (bicyclic) bond motifs is 1. The molecule has 0 aromatic heterocycles. The van der Waals surface area contributed by atoms with Gasteiger partial charge in [-0.1, -0.05) is 45.0 Å². The van der Waals surface area contributed by atoms with Crippen molar-refractivity contribution in [1.29, 1.82) is 0 Å². The molecule has 0 heterocycles. The van der Waals surface area contributed by atoms with E-state index in [2.05, 4.69) is 50.4 Å². The summed E-state index contributed by atoms with van der Waals surface area (Å²) in [6, 6.07) is 9.46. The third-order valence-corrected chi connectivity index (χ3v) is 3.71. The van der Waals surface area contributed by atoms with Crippen molar-refractivity contribution in [2.45, 2.75) is 46.1 Å². The predicted octanol–water partition coefficient (Wildman–Crippen LogP) is 3.70. The minimum Gasteiger partial charge on any atom is -0.310 e.